The van der Waals surface area contributed by atoms with E-state index in [0.717, 1.165) is 30.4 Å². The SMILES string of the molecule is [N-]=[N+]=NCCCCCCCCCCCCCCCCCCOC(=O)c1ccc(-c2ccccc2)cc1. The Hall–Kier alpha value is -2.78. The van der Waals surface area contributed by atoms with Gasteiger partial charge in [-0.05, 0) is 41.6 Å². The van der Waals surface area contributed by atoms with Crippen molar-refractivity contribution in [2.24, 2.45) is 5.11 Å². The first kappa shape index (κ1) is 29.5. The van der Waals surface area contributed by atoms with Gasteiger partial charge in [-0.1, -0.05) is 137 Å². The van der Waals surface area contributed by atoms with E-state index in [1.807, 2.05) is 42.5 Å². The lowest BCUT2D eigenvalue weighted by Crippen LogP contribution is -2.06. The molecule has 0 bridgehead atoms. The molecule has 5 heteroatoms. The Morgan fingerprint density at radius 2 is 1.06 bits per heavy atom. The second-order valence-corrected chi connectivity index (χ2v) is 9.69. The summed E-state index contributed by atoms with van der Waals surface area (Å²) < 4.78 is 5.45. The Morgan fingerprint density at radius 1 is 0.611 bits per heavy atom. The predicted octanol–water partition coefficient (Wildman–Crippen LogP) is 10.1. The number of esters is 1. The predicted molar refractivity (Wildman–Crippen MR) is 150 cm³/mol. The zero-order chi connectivity index (χ0) is 25.5. The summed E-state index contributed by atoms with van der Waals surface area (Å²) in [4.78, 5) is 15.0. The van der Waals surface area contributed by atoms with E-state index in [2.05, 4.69) is 22.2 Å². The molecule has 2 rings (SSSR count). The number of rotatable bonds is 21. The summed E-state index contributed by atoms with van der Waals surface area (Å²) >= 11 is 0. The van der Waals surface area contributed by atoms with Gasteiger partial charge >= 0.3 is 5.97 Å². The van der Waals surface area contributed by atoms with Gasteiger partial charge in [0, 0.05) is 11.5 Å². The smallest absolute Gasteiger partial charge is 0.338 e. The molecule has 0 atom stereocenters. The molecule has 5 nitrogen and oxygen atoms in total. The highest BCUT2D eigenvalue weighted by molar-refractivity contribution is 5.90. The second kappa shape index (κ2) is 20.4. The van der Waals surface area contributed by atoms with Crippen molar-refractivity contribution < 1.29 is 9.53 Å². The highest BCUT2D eigenvalue weighted by Gasteiger charge is 2.07. The molecule has 0 N–H and O–H groups in total. The minimum absolute atomic E-state index is 0.225. The quantitative estimate of drug-likeness (QED) is 0.0572. The van der Waals surface area contributed by atoms with Crippen LogP contribution in [0, 0.1) is 0 Å². The van der Waals surface area contributed by atoms with E-state index in [9.17, 15) is 4.79 Å². The lowest BCUT2D eigenvalue weighted by molar-refractivity contribution is 0.0497. The van der Waals surface area contributed by atoms with Crippen LogP contribution >= 0.6 is 0 Å². The molecule has 0 aliphatic carbocycles. The number of hydrogen-bond donors (Lipinski definition) is 0. The summed E-state index contributed by atoms with van der Waals surface area (Å²) in [5.41, 5.74) is 11.1. The Labute approximate surface area is 218 Å². The maximum absolute atomic E-state index is 12.2. The average Bonchev–Trinajstić information content (AvgIpc) is 2.92. The number of nitrogens with zero attached hydrogens (tertiary/aromatic N) is 3. The van der Waals surface area contributed by atoms with Crippen molar-refractivity contribution in [3.63, 3.8) is 0 Å². The van der Waals surface area contributed by atoms with Crippen molar-refractivity contribution in [2.45, 2.75) is 103 Å². The fraction of sp³-hybridized carbons (Fsp3) is 0.581. The minimum atomic E-state index is -0.225. The molecule has 0 aliphatic rings. The molecule has 0 aliphatic heterocycles. The van der Waals surface area contributed by atoms with Crippen LogP contribution in [-0.2, 0) is 4.74 Å². The normalized spacial score (nSPS) is 10.7. The molecule has 0 spiro atoms. The summed E-state index contributed by atoms with van der Waals surface area (Å²) in [5, 5.41) is 3.57. The number of unbranched alkanes of at least 4 members (excludes halogenated alkanes) is 15. The Bertz CT molecular complexity index is 861. The lowest BCUT2D eigenvalue weighted by atomic mass is 10.0. The third-order valence-electron chi connectivity index (χ3n) is 6.68. The number of azide groups is 1. The second-order valence-electron chi connectivity index (χ2n) is 9.69. The van der Waals surface area contributed by atoms with Crippen LogP contribution in [0.25, 0.3) is 21.6 Å². The van der Waals surface area contributed by atoms with Gasteiger partial charge in [0.15, 0.2) is 0 Å². The maximum atomic E-state index is 12.2. The van der Waals surface area contributed by atoms with Gasteiger partial charge < -0.3 is 4.74 Å². The lowest BCUT2D eigenvalue weighted by Gasteiger charge is -2.06. The molecule has 2 aromatic rings. The van der Waals surface area contributed by atoms with Gasteiger partial charge in [-0.25, -0.2) is 4.79 Å². The molecule has 0 saturated heterocycles. The fourth-order valence-corrected chi connectivity index (χ4v) is 4.48. The van der Waals surface area contributed by atoms with Crippen LogP contribution in [0.5, 0.6) is 0 Å². The number of carbonyl (C=O) groups is 1. The van der Waals surface area contributed by atoms with E-state index >= 15 is 0 Å². The molecule has 0 aromatic heterocycles. The van der Waals surface area contributed by atoms with E-state index in [1.165, 1.54) is 83.5 Å². The van der Waals surface area contributed by atoms with Crippen molar-refractivity contribution >= 4 is 5.97 Å². The third-order valence-corrected chi connectivity index (χ3v) is 6.68. The van der Waals surface area contributed by atoms with Crippen LogP contribution < -0.4 is 0 Å². The molecule has 2 aromatic carbocycles. The first-order valence-electron chi connectivity index (χ1n) is 14.1. The minimum Gasteiger partial charge on any atom is -0.462 e. The molecule has 0 amide bonds. The van der Waals surface area contributed by atoms with Crippen LogP contribution in [0.4, 0.5) is 0 Å². The molecule has 0 unspecified atom stereocenters. The van der Waals surface area contributed by atoms with Crippen LogP contribution in [0.1, 0.15) is 113 Å². The molecule has 0 saturated carbocycles. The average molecular weight is 492 g/mol. The summed E-state index contributed by atoms with van der Waals surface area (Å²) in [6, 6.07) is 17.8. The summed E-state index contributed by atoms with van der Waals surface area (Å²) in [7, 11) is 0. The number of ether oxygens (including phenoxy) is 1. The van der Waals surface area contributed by atoms with Gasteiger partial charge in [0.05, 0.1) is 12.2 Å². The van der Waals surface area contributed by atoms with Gasteiger partial charge in [-0.3, -0.25) is 0 Å². The standard InChI is InChI=1S/C31H45N3O2/c32-34-33-26-18-13-11-9-7-5-3-1-2-4-6-8-10-12-14-19-27-36-31(35)30-24-22-29(23-25-30)28-20-16-15-17-21-28/h15-17,20-25H,1-14,18-19,26-27H2. The van der Waals surface area contributed by atoms with Crippen molar-refractivity contribution in [2.75, 3.05) is 13.2 Å². The highest BCUT2D eigenvalue weighted by atomic mass is 16.5. The molecule has 0 heterocycles. The van der Waals surface area contributed by atoms with Crippen molar-refractivity contribution in [1.29, 1.82) is 0 Å². The Kier molecular flexibility index (Phi) is 16.7. The first-order valence-corrected chi connectivity index (χ1v) is 14.1. The van der Waals surface area contributed by atoms with E-state index in [-0.39, 0.29) is 5.97 Å². The molecular formula is C31H45N3O2. The van der Waals surface area contributed by atoms with Gasteiger partial charge in [0.2, 0.25) is 0 Å². The monoisotopic (exact) mass is 491 g/mol. The zero-order valence-corrected chi connectivity index (χ0v) is 22.1. The van der Waals surface area contributed by atoms with Gasteiger partial charge in [0.25, 0.3) is 0 Å². The number of carbonyl (C=O) groups excluding carboxylic acids is 1. The van der Waals surface area contributed by atoms with Gasteiger partial charge in [-0.15, -0.1) is 0 Å². The number of hydrogen-bond acceptors (Lipinski definition) is 3. The van der Waals surface area contributed by atoms with Gasteiger partial charge in [-0.2, -0.15) is 0 Å². The van der Waals surface area contributed by atoms with Crippen LogP contribution in [0.3, 0.4) is 0 Å². The van der Waals surface area contributed by atoms with Crippen molar-refractivity contribution in [3.05, 3.63) is 70.6 Å². The summed E-state index contributed by atoms with van der Waals surface area (Å²) in [5.74, 6) is -0.225. The molecule has 0 fully saturated rings. The molecule has 36 heavy (non-hydrogen) atoms. The third kappa shape index (κ3) is 13.9. The van der Waals surface area contributed by atoms with Crippen LogP contribution in [-0.4, -0.2) is 19.1 Å². The zero-order valence-electron chi connectivity index (χ0n) is 22.1. The van der Waals surface area contributed by atoms with E-state index in [1.54, 1.807) is 0 Å². The Morgan fingerprint density at radius 3 is 1.56 bits per heavy atom. The topological polar surface area (TPSA) is 75.1 Å². The largest absolute Gasteiger partial charge is 0.462 e. The summed E-state index contributed by atoms with van der Waals surface area (Å²) in [6.45, 7) is 1.16. The van der Waals surface area contributed by atoms with E-state index < -0.39 is 0 Å². The maximum Gasteiger partial charge on any atom is 0.338 e. The van der Waals surface area contributed by atoms with Crippen molar-refractivity contribution in [3.8, 4) is 11.1 Å². The molecule has 196 valence electrons. The van der Waals surface area contributed by atoms with Crippen LogP contribution in [0.2, 0.25) is 0 Å². The van der Waals surface area contributed by atoms with Crippen molar-refractivity contribution in [1.82, 2.24) is 0 Å². The summed E-state index contributed by atoms with van der Waals surface area (Å²) in [6.07, 6.45) is 20.2. The Balaban J connectivity index is 1.34. The fourth-order valence-electron chi connectivity index (χ4n) is 4.48. The highest BCUT2D eigenvalue weighted by Crippen LogP contribution is 2.20. The number of benzene rings is 2. The van der Waals surface area contributed by atoms with E-state index in [4.69, 9.17) is 10.3 Å². The molecule has 0 radical (unpaired) electrons. The molecular weight excluding hydrogens is 446 g/mol. The first-order chi connectivity index (χ1) is 17.8. The van der Waals surface area contributed by atoms with Crippen LogP contribution in [0.15, 0.2) is 59.7 Å². The van der Waals surface area contributed by atoms with E-state index in [0.29, 0.717) is 18.7 Å². The van der Waals surface area contributed by atoms with Gasteiger partial charge in [0.1, 0.15) is 0 Å².